The first-order valence-corrected chi connectivity index (χ1v) is 13.4. The highest BCUT2D eigenvalue weighted by Gasteiger charge is 2.34. The second-order valence-electron chi connectivity index (χ2n) is 8.80. The number of nitrogens with one attached hydrogen (secondary N) is 2. The van der Waals surface area contributed by atoms with Crippen LogP contribution in [0, 0.1) is 5.92 Å². The number of benzene rings is 1. The van der Waals surface area contributed by atoms with E-state index in [0.717, 1.165) is 0 Å². The van der Waals surface area contributed by atoms with Gasteiger partial charge in [0, 0.05) is 32.6 Å². The molecule has 192 valence electrons. The molecule has 1 fully saturated rings. The average molecular weight is 509 g/mol. The molecule has 11 nitrogen and oxygen atoms in total. The Kier molecular flexibility index (Phi) is 9.21. The van der Waals surface area contributed by atoms with E-state index in [0.29, 0.717) is 37.4 Å². The Hall–Kier alpha value is -2.99. The number of Topliss-reactive ketones (excluding diaryl/α,β-unsaturated/α-hetero) is 1. The van der Waals surface area contributed by atoms with Crippen molar-refractivity contribution in [2.24, 2.45) is 5.92 Å². The summed E-state index contributed by atoms with van der Waals surface area (Å²) in [4.78, 5) is 43.2. The maximum Gasteiger partial charge on any atom is 0.317 e. The molecule has 0 bridgehead atoms. The van der Waals surface area contributed by atoms with Crippen LogP contribution in [-0.2, 0) is 19.4 Å². The highest BCUT2D eigenvalue weighted by atomic mass is 32.2. The van der Waals surface area contributed by atoms with Crippen molar-refractivity contribution in [1.29, 1.82) is 0 Å². The number of aromatic nitrogens is 1. The van der Waals surface area contributed by atoms with Crippen molar-refractivity contribution in [2.45, 2.75) is 31.9 Å². The van der Waals surface area contributed by atoms with Crippen molar-refractivity contribution in [3.8, 4) is 0 Å². The number of fused-ring (bicyclic) bond motifs is 1. The van der Waals surface area contributed by atoms with Crippen LogP contribution < -0.4 is 10.6 Å². The zero-order valence-electron chi connectivity index (χ0n) is 20.0. The Morgan fingerprint density at radius 1 is 1.11 bits per heavy atom. The minimum atomic E-state index is -3.82. The van der Waals surface area contributed by atoms with Gasteiger partial charge in [-0.2, -0.15) is 0 Å². The number of carbonyl (C=O) groups excluding carboxylic acids is 3. The Labute approximate surface area is 204 Å². The number of urea groups is 1. The monoisotopic (exact) mass is 508 g/mol. The molecule has 1 atom stereocenters. The van der Waals surface area contributed by atoms with Crippen molar-refractivity contribution in [3.05, 3.63) is 30.2 Å². The number of nitrogens with zero attached hydrogens (tertiary/aromatic N) is 2. The number of amides is 3. The second-order valence-corrected chi connectivity index (χ2v) is 11.0. The van der Waals surface area contributed by atoms with Gasteiger partial charge in [-0.05, 0) is 24.5 Å². The molecule has 2 N–H and O–H groups in total. The molecule has 3 amide bonds. The van der Waals surface area contributed by atoms with Crippen molar-refractivity contribution < 1.29 is 32.0 Å². The van der Waals surface area contributed by atoms with E-state index in [4.69, 9.17) is 9.15 Å². The third-order valence-electron chi connectivity index (χ3n) is 5.44. The Bertz CT molecular complexity index is 1110. The topological polar surface area (TPSA) is 148 Å². The van der Waals surface area contributed by atoms with E-state index in [1.165, 1.54) is 4.90 Å². The molecule has 1 aromatic heterocycles. The van der Waals surface area contributed by atoms with Gasteiger partial charge in [0.25, 0.3) is 5.89 Å². The normalized spacial score (nSPS) is 15.2. The number of para-hydroxylation sites is 2. The summed E-state index contributed by atoms with van der Waals surface area (Å²) < 4.78 is 36.4. The highest BCUT2D eigenvalue weighted by Crippen LogP contribution is 2.16. The molecule has 0 aliphatic carbocycles. The van der Waals surface area contributed by atoms with Gasteiger partial charge >= 0.3 is 6.03 Å². The van der Waals surface area contributed by atoms with Crippen LogP contribution in [0.1, 0.15) is 37.4 Å². The zero-order valence-corrected chi connectivity index (χ0v) is 20.8. The average Bonchev–Trinajstić information content (AvgIpc) is 3.26. The fourth-order valence-electron chi connectivity index (χ4n) is 3.69. The number of oxazole rings is 1. The summed E-state index contributed by atoms with van der Waals surface area (Å²) in [6.45, 7) is 4.86. The number of carbonyl (C=O) groups is 3. The first-order chi connectivity index (χ1) is 16.7. The number of morpholine rings is 1. The van der Waals surface area contributed by atoms with Gasteiger partial charge in [-0.25, -0.2) is 18.2 Å². The Morgan fingerprint density at radius 3 is 2.51 bits per heavy atom. The molecule has 0 spiro atoms. The molecule has 2 aromatic rings. The van der Waals surface area contributed by atoms with Crippen molar-refractivity contribution in [2.75, 3.05) is 45.1 Å². The molecule has 3 rings (SSSR count). The van der Waals surface area contributed by atoms with Crippen LogP contribution in [-0.4, -0.2) is 86.4 Å². The van der Waals surface area contributed by atoms with Crippen molar-refractivity contribution in [3.63, 3.8) is 0 Å². The van der Waals surface area contributed by atoms with Crippen LogP contribution in [0.5, 0.6) is 0 Å². The van der Waals surface area contributed by atoms with E-state index in [-0.39, 0.29) is 49.3 Å². The van der Waals surface area contributed by atoms with Gasteiger partial charge in [0.2, 0.25) is 11.7 Å². The minimum absolute atomic E-state index is 0.000685. The van der Waals surface area contributed by atoms with Crippen LogP contribution in [0.25, 0.3) is 11.1 Å². The molecule has 1 aliphatic heterocycles. The number of ketones is 1. The van der Waals surface area contributed by atoms with E-state index in [1.807, 2.05) is 0 Å². The summed E-state index contributed by atoms with van der Waals surface area (Å²) in [6.07, 6.45) is 0.352. The lowest BCUT2D eigenvalue weighted by Gasteiger charge is -2.28. The zero-order chi connectivity index (χ0) is 25.4. The standard InChI is InChI=1S/C23H32N4O7S/c1-16(2)15-35(31,32)20(14-25-23(30)27-10-12-33-13-11-27)21(29)24-9-5-7-18(28)22-26-17-6-3-4-8-19(17)34-22/h3-4,6,8,16,20H,5,7,9-15H2,1-2H3,(H,24,29)(H,25,30). The Balaban J connectivity index is 1.53. The molecule has 1 aliphatic rings. The van der Waals surface area contributed by atoms with Crippen LogP contribution in [0.3, 0.4) is 0 Å². The summed E-state index contributed by atoms with van der Waals surface area (Å²) in [7, 11) is -3.82. The van der Waals surface area contributed by atoms with E-state index < -0.39 is 27.0 Å². The maximum atomic E-state index is 12.9. The van der Waals surface area contributed by atoms with Gasteiger partial charge in [-0.15, -0.1) is 0 Å². The third-order valence-corrected chi connectivity index (χ3v) is 7.82. The lowest BCUT2D eigenvalue weighted by molar-refractivity contribution is -0.120. The van der Waals surface area contributed by atoms with E-state index in [1.54, 1.807) is 38.1 Å². The third kappa shape index (κ3) is 7.49. The lowest BCUT2D eigenvalue weighted by atomic mass is 10.2. The molecular weight excluding hydrogens is 476 g/mol. The SMILES string of the molecule is CC(C)CS(=O)(=O)C(CNC(=O)N1CCOCC1)C(=O)NCCCC(=O)c1nc2ccccc2o1. The van der Waals surface area contributed by atoms with Gasteiger partial charge in [-0.3, -0.25) is 9.59 Å². The first-order valence-electron chi connectivity index (χ1n) is 11.7. The quantitative estimate of drug-likeness (QED) is 0.342. The summed E-state index contributed by atoms with van der Waals surface area (Å²) in [5.41, 5.74) is 1.10. The van der Waals surface area contributed by atoms with Gasteiger partial charge < -0.3 is 24.7 Å². The molecule has 12 heteroatoms. The van der Waals surface area contributed by atoms with Crippen molar-refractivity contribution >= 4 is 38.7 Å². The number of hydrogen-bond donors (Lipinski definition) is 2. The van der Waals surface area contributed by atoms with Crippen LogP contribution in [0.2, 0.25) is 0 Å². The minimum Gasteiger partial charge on any atom is -0.434 e. The number of sulfone groups is 1. The predicted octanol–water partition coefficient (Wildman–Crippen LogP) is 1.39. The predicted molar refractivity (Wildman–Crippen MR) is 129 cm³/mol. The number of ether oxygens (including phenoxy) is 1. The first kappa shape index (κ1) is 26.6. The number of hydrogen-bond acceptors (Lipinski definition) is 8. The molecule has 35 heavy (non-hydrogen) atoms. The summed E-state index contributed by atoms with van der Waals surface area (Å²) in [5.74, 6) is -1.38. The van der Waals surface area contributed by atoms with Crippen LogP contribution in [0.15, 0.2) is 28.7 Å². The molecule has 1 saturated heterocycles. The van der Waals surface area contributed by atoms with Crippen molar-refractivity contribution in [1.82, 2.24) is 20.5 Å². The van der Waals surface area contributed by atoms with Crippen LogP contribution >= 0.6 is 0 Å². The maximum absolute atomic E-state index is 12.9. The molecule has 2 heterocycles. The molecule has 1 aromatic carbocycles. The largest absolute Gasteiger partial charge is 0.434 e. The lowest BCUT2D eigenvalue weighted by Crippen LogP contribution is -2.52. The van der Waals surface area contributed by atoms with Gasteiger partial charge in [0.15, 0.2) is 20.7 Å². The molecule has 0 radical (unpaired) electrons. The number of rotatable bonds is 11. The molecule has 0 saturated carbocycles. The summed E-state index contributed by atoms with van der Waals surface area (Å²) in [6, 6.07) is 6.60. The fraction of sp³-hybridized carbons (Fsp3) is 0.565. The van der Waals surface area contributed by atoms with Crippen LogP contribution in [0.4, 0.5) is 4.79 Å². The summed E-state index contributed by atoms with van der Waals surface area (Å²) >= 11 is 0. The smallest absolute Gasteiger partial charge is 0.317 e. The van der Waals surface area contributed by atoms with E-state index in [9.17, 15) is 22.8 Å². The molecule has 1 unspecified atom stereocenters. The summed E-state index contributed by atoms with van der Waals surface area (Å²) in [5, 5.41) is 3.74. The van der Waals surface area contributed by atoms with Gasteiger partial charge in [0.05, 0.1) is 19.0 Å². The fourth-order valence-corrected chi connectivity index (χ4v) is 5.60. The Morgan fingerprint density at radius 2 is 1.83 bits per heavy atom. The van der Waals surface area contributed by atoms with Gasteiger partial charge in [-0.1, -0.05) is 26.0 Å². The van der Waals surface area contributed by atoms with E-state index in [2.05, 4.69) is 15.6 Å². The second kappa shape index (κ2) is 12.1. The molecular formula is C23H32N4O7S. The van der Waals surface area contributed by atoms with Gasteiger partial charge in [0.1, 0.15) is 5.52 Å². The highest BCUT2D eigenvalue weighted by molar-refractivity contribution is 7.92. The van der Waals surface area contributed by atoms with E-state index >= 15 is 0 Å².